The van der Waals surface area contributed by atoms with Gasteiger partial charge in [-0.3, -0.25) is 4.79 Å². The highest BCUT2D eigenvalue weighted by Gasteiger charge is 2.24. The summed E-state index contributed by atoms with van der Waals surface area (Å²) in [7, 11) is 0. The lowest BCUT2D eigenvalue weighted by atomic mass is 9.81. The fraction of sp³-hybridized carbons (Fsp3) is 0.611. The third-order valence-electron chi connectivity index (χ3n) is 4.55. The Hall–Kier alpha value is -1.35. The highest BCUT2D eigenvalue weighted by molar-refractivity contribution is 5.81. The van der Waals surface area contributed by atoms with Crippen LogP contribution in [0.5, 0.6) is 0 Å². The van der Waals surface area contributed by atoms with Gasteiger partial charge in [0.05, 0.1) is 6.04 Å². The molecule has 0 spiro atoms. The third kappa shape index (κ3) is 4.85. The number of rotatable bonds is 6. The molecule has 0 heterocycles. The summed E-state index contributed by atoms with van der Waals surface area (Å²) < 4.78 is 0. The Morgan fingerprint density at radius 3 is 2.52 bits per heavy atom. The fourth-order valence-corrected chi connectivity index (χ4v) is 3.16. The molecule has 0 saturated heterocycles. The maximum absolute atomic E-state index is 12.0. The molecule has 0 aliphatic heterocycles. The molecule has 116 valence electrons. The Bertz CT molecular complexity index is 424. The molecular weight excluding hydrogens is 260 g/mol. The van der Waals surface area contributed by atoms with E-state index >= 15 is 0 Å². The summed E-state index contributed by atoms with van der Waals surface area (Å²) in [5.41, 5.74) is 7.36. The van der Waals surface area contributed by atoms with E-state index in [1.807, 2.05) is 0 Å². The van der Waals surface area contributed by atoms with Gasteiger partial charge >= 0.3 is 0 Å². The van der Waals surface area contributed by atoms with Gasteiger partial charge in [-0.2, -0.15) is 0 Å². The highest BCUT2D eigenvalue weighted by atomic mass is 16.2. The molecule has 21 heavy (non-hydrogen) atoms. The maximum Gasteiger partial charge on any atom is 0.237 e. The predicted molar refractivity (Wildman–Crippen MR) is 87.1 cm³/mol. The zero-order valence-corrected chi connectivity index (χ0v) is 13.1. The van der Waals surface area contributed by atoms with Gasteiger partial charge in [-0.05, 0) is 43.6 Å². The first kappa shape index (κ1) is 16.0. The monoisotopic (exact) mass is 288 g/mol. The SMILES string of the molecule is CCCCC(N)C(=O)NC1CCC(c2ccccc2)CC1. The van der Waals surface area contributed by atoms with Crippen LogP contribution in [0.1, 0.15) is 63.4 Å². The summed E-state index contributed by atoms with van der Waals surface area (Å²) in [6, 6.07) is 10.7. The zero-order chi connectivity index (χ0) is 15.1. The number of nitrogens with one attached hydrogen (secondary N) is 1. The van der Waals surface area contributed by atoms with Crippen molar-refractivity contribution in [3.8, 4) is 0 Å². The van der Waals surface area contributed by atoms with Crippen LogP contribution < -0.4 is 11.1 Å². The van der Waals surface area contributed by atoms with E-state index in [-0.39, 0.29) is 11.9 Å². The number of hydrogen-bond donors (Lipinski definition) is 2. The number of benzene rings is 1. The molecule has 1 unspecified atom stereocenters. The molecule has 1 fully saturated rings. The van der Waals surface area contributed by atoms with Crippen molar-refractivity contribution >= 4 is 5.91 Å². The van der Waals surface area contributed by atoms with Crippen molar-refractivity contribution in [3.63, 3.8) is 0 Å². The van der Waals surface area contributed by atoms with Gasteiger partial charge in [-0.25, -0.2) is 0 Å². The largest absolute Gasteiger partial charge is 0.352 e. The van der Waals surface area contributed by atoms with E-state index in [9.17, 15) is 4.79 Å². The number of carbonyl (C=O) groups is 1. The second-order valence-electron chi connectivity index (χ2n) is 6.22. The van der Waals surface area contributed by atoms with E-state index in [1.165, 1.54) is 5.56 Å². The molecule has 0 aromatic heterocycles. The molecule has 2 rings (SSSR count). The Kier molecular flexibility index (Phi) is 6.24. The number of nitrogens with two attached hydrogens (primary N) is 1. The fourth-order valence-electron chi connectivity index (χ4n) is 3.16. The number of unbranched alkanes of at least 4 members (excludes halogenated alkanes) is 1. The van der Waals surface area contributed by atoms with Gasteiger partial charge in [0.15, 0.2) is 0 Å². The second kappa shape index (κ2) is 8.18. The molecular formula is C18H28N2O. The van der Waals surface area contributed by atoms with Crippen LogP contribution in [-0.2, 0) is 4.79 Å². The minimum atomic E-state index is -0.336. The average molecular weight is 288 g/mol. The van der Waals surface area contributed by atoms with Crippen molar-refractivity contribution in [1.29, 1.82) is 0 Å². The van der Waals surface area contributed by atoms with Gasteiger partial charge in [-0.15, -0.1) is 0 Å². The normalized spacial score (nSPS) is 23.5. The highest BCUT2D eigenvalue weighted by Crippen LogP contribution is 2.32. The first-order chi connectivity index (χ1) is 10.2. The summed E-state index contributed by atoms with van der Waals surface area (Å²) in [4.78, 5) is 12.0. The van der Waals surface area contributed by atoms with Crippen LogP contribution in [0, 0.1) is 0 Å². The van der Waals surface area contributed by atoms with Gasteiger partial charge in [0.1, 0.15) is 0 Å². The minimum Gasteiger partial charge on any atom is -0.352 e. The van der Waals surface area contributed by atoms with Crippen LogP contribution in [-0.4, -0.2) is 18.0 Å². The summed E-state index contributed by atoms with van der Waals surface area (Å²) >= 11 is 0. The topological polar surface area (TPSA) is 55.1 Å². The lowest BCUT2D eigenvalue weighted by Gasteiger charge is -2.30. The summed E-state index contributed by atoms with van der Waals surface area (Å²) in [5.74, 6) is 0.680. The lowest BCUT2D eigenvalue weighted by Crippen LogP contribution is -2.46. The van der Waals surface area contributed by atoms with E-state index in [0.29, 0.717) is 12.0 Å². The third-order valence-corrected chi connectivity index (χ3v) is 4.55. The molecule has 3 N–H and O–H groups in total. The number of amides is 1. The van der Waals surface area contributed by atoms with Gasteiger partial charge < -0.3 is 11.1 Å². The van der Waals surface area contributed by atoms with Crippen molar-refractivity contribution in [1.82, 2.24) is 5.32 Å². The van der Waals surface area contributed by atoms with Crippen molar-refractivity contribution in [2.24, 2.45) is 5.73 Å². The van der Waals surface area contributed by atoms with Crippen LogP contribution in [0.3, 0.4) is 0 Å². The Morgan fingerprint density at radius 1 is 1.24 bits per heavy atom. The smallest absolute Gasteiger partial charge is 0.237 e. The first-order valence-electron chi connectivity index (χ1n) is 8.31. The van der Waals surface area contributed by atoms with E-state index in [0.717, 1.165) is 44.9 Å². The Morgan fingerprint density at radius 2 is 1.90 bits per heavy atom. The molecule has 0 bridgehead atoms. The molecule has 1 saturated carbocycles. The van der Waals surface area contributed by atoms with E-state index in [2.05, 4.69) is 42.6 Å². The van der Waals surface area contributed by atoms with Crippen LogP contribution in [0.15, 0.2) is 30.3 Å². The minimum absolute atomic E-state index is 0.0339. The van der Waals surface area contributed by atoms with Gasteiger partial charge in [0.25, 0.3) is 0 Å². The van der Waals surface area contributed by atoms with E-state index < -0.39 is 0 Å². The van der Waals surface area contributed by atoms with Crippen LogP contribution >= 0.6 is 0 Å². The molecule has 1 atom stereocenters. The molecule has 1 aromatic rings. The van der Waals surface area contributed by atoms with Crippen molar-refractivity contribution in [2.45, 2.75) is 69.9 Å². The predicted octanol–water partition coefficient (Wildman–Crippen LogP) is 3.35. The molecule has 1 amide bonds. The molecule has 1 aliphatic rings. The molecule has 0 radical (unpaired) electrons. The average Bonchev–Trinajstić information content (AvgIpc) is 2.54. The van der Waals surface area contributed by atoms with E-state index in [1.54, 1.807) is 0 Å². The summed E-state index contributed by atoms with van der Waals surface area (Å²) in [6.45, 7) is 2.12. The molecule has 3 heteroatoms. The summed E-state index contributed by atoms with van der Waals surface area (Å²) in [6.07, 6.45) is 7.33. The maximum atomic E-state index is 12.0. The van der Waals surface area contributed by atoms with Crippen molar-refractivity contribution in [3.05, 3.63) is 35.9 Å². The van der Waals surface area contributed by atoms with Crippen LogP contribution in [0.2, 0.25) is 0 Å². The quantitative estimate of drug-likeness (QED) is 0.843. The number of hydrogen-bond acceptors (Lipinski definition) is 2. The second-order valence-corrected chi connectivity index (χ2v) is 6.22. The van der Waals surface area contributed by atoms with Gasteiger partial charge in [0.2, 0.25) is 5.91 Å². The molecule has 1 aliphatic carbocycles. The first-order valence-corrected chi connectivity index (χ1v) is 8.31. The van der Waals surface area contributed by atoms with Crippen LogP contribution in [0.4, 0.5) is 0 Å². The summed E-state index contributed by atoms with van der Waals surface area (Å²) in [5, 5.41) is 3.14. The van der Waals surface area contributed by atoms with Crippen molar-refractivity contribution < 1.29 is 4.79 Å². The Labute approximate surface area is 128 Å². The number of carbonyl (C=O) groups excluding carboxylic acids is 1. The standard InChI is InChI=1S/C18H28N2O/c1-2-3-9-17(19)18(21)20-16-12-10-15(11-13-16)14-7-5-4-6-8-14/h4-8,15-17H,2-3,9-13,19H2,1H3,(H,20,21). The Balaban J connectivity index is 1.75. The van der Waals surface area contributed by atoms with Gasteiger partial charge in [0, 0.05) is 6.04 Å². The van der Waals surface area contributed by atoms with Crippen molar-refractivity contribution in [2.75, 3.05) is 0 Å². The van der Waals surface area contributed by atoms with Crippen LogP contribution in [0.25, 0.3) is 0 Å². The van der Waals surface area contributed by atoms with E-state index in [4.69, 9.17) is 5.73 Å². The zero-order valence-electron chi connectivity index (χ0n) is 13.1. The molecule has 3 nitrogen and oxygen atoms in total. The van der Waals surface area contributed by atoms with Gasteiger partial charge in [-0.1, -0.05) is 50.1 Å². The lowest BCUT2D eigenvalue weighted by molar-refractivity contribution is -0.123. The molecule has 1 aromatic carbocycles.